The number of aromatic nitrogens is 2. The number of para-hydroxylation sites is 3. The van der Waals surface area contributed by atoms with E-state index in [4.69, 9.17) is 0 Å². The Hall–Kier alpha value is -4.06. The first-order valence-electron chi connectivity index (χ1n) is 8.66. The number of benzene rings is 3. The molecule has 2 N–H and O–H groups in total. The number of phenols is 1. The van der Waals surface area contributed by atoms with Gasteiger partial charge in [-0.1, -0.05) is 54.6 Å². The highest BCUT2D eigenvalue weighted by atomic mass is 16.3. The minimum Gasteiger partial charge on any atom is -0.507 e. The molecule has 1 aromatic heterocycles. The zero-order valence-electron chi connectivity index (χ0n) is 14.8. The SMILES string of the molecule is O=C(N/N=C/c1ccccc1O)c1nc2ccccc2nc1-c1ccccc1. The van der Waals surface area contributed by atoms with E-state index in [0.717, 1.165) is 5.56 Å². The summed E-state index contributed by atoms with van der Waals surface area (Å²) in [5.41, 5.74) is 5.74. The molecule has 1 heterocycles. The Morgan fingerprint density at radius 3 is 2.25 bits per heavy atom. The van der Waals surface area contributed by atoms with Gasteiger partial charge in [0.05, 0.1) is 17.2 Å². The Balaban J connectivity index is 1.70. The Morgan fingerprint density at radius 2 is 1.50 bits per heavy atom. The minimum absolute atomic E-state index is 0.0796. The van der Waals surface area contributed by atoms with Gasteiger partial charge in [0.1, 0.15) is 11.4 Å². The summed E-state index contributed by atoms with van der Waals surface area (Å²) in [7, 11) is 0. The number of aromatic hydroxyl groups is 1. The standard InChI is InChI=1S/C22H16N4O2/c27-19-13-7-4-10-16(19)14-23-26-22(28)21-20(15-8-2-1-3-9-15)24-17-11-5-6-12-18(17)25-21/h1-14,27H,(H,26,28)/b23-14+. The predicted molar refractivity (Wildman–Crippen MR) is 108 cm³/mol. The van der Waals surface area contributed by atoms with Crippen molar-refractivity contribution in [2.75, 3.05) is 0 Å². The Bertz CT molecular complexity index is 1170. The summed E-state index contributed by atoms with van der Waals surface area (Å²) in [4.78, 5) is 21.9. The van der Waals surface area contributed by atoms with Crippen molar-refractivity contribution in [3.05, 3.63) is 90.1 Å². The smallest absolute Gasteiger partial charge is 0.292 e. The first-order chi connectivity index (χ1) is 13.7. The van der Waals surface area contributed by atoms with E-state index in [0.29, 0.717) is 22.3 Å². The number of amides is 1. The molecule has 6 nitrogen and oxygen atoms in total. The maximum absolute atomic E-state index is 12.8. The third-order valence-electron chi connectivity index (χ3n) is 4.14. The molecule has 0 saturated heterocycles. The van der Waals surface area contributed by atoms with Crippen LogP contribution >= 0.6 is 0 Å². The molecule has 0 aliphatic carbocycles. The van der Waals surface area contributed by atoms with Crippen molar-refractivity contribution in [3.8, 4) is 17.0 Å². The number of phenolic OH excluding ortho intramolecular Hbond substituents is 1. The summed E-state index contributed by atoms with van der Waals surface area (Å²) in [6.45, 7) is 0. The lowest BCUT2D eigenvalue weighted by Gasteiger charge is -2.09. The van der Waals surface area contributed by atoms with Crippen LogP contribution in [0.25, 0.3) is 22.3 Å². The van der Waals surface area contributed by atoms with Gasteiger partial charge in [-0.25, -0.2) is 15.4 Å². The van der Waals surface area contributed by atoms with E-state index >= 15 is 0 Å². The second-order valence-electron chi connectivity index (χ2n) is 6.03. The minimum atomic E-state index is -0.483. The average molecular weight is 368 g/mol. The molecule has 0 saturated carbocycles. The van der Waals surface area contributed by atoms with Crippen LogP contribution in [-0.4, -0.2) is 27.2 Å². The van der Waals surface area contributed by atoms with Crippen molar-refractivity contribution in [3.63, 3.8) is 0 Å². The van der Waals surface area contributed by atoms with E-state index in [2.05, 4.69) is 20.5 Å². The molecule has 3 aromatic carbocycles. The molecule has 0 radical (unpaired) electrons. The Kier molecular flexibility index (Phi) is 4.76. The van der Waals surface area contributed by atoms with Gasteiger partial charge in [0.25, 0.3) is 5.91 Å². The molecule has 0 aliphatic rings. The lowest BCUT2D eigenvalue weighted by molar-refractivity contribution is 0.0951. The van der Waals surface area contributed by atoms with Crippen molar-refractivity contribution < 1.29 is 9.90 Å². The zero-order chi connectivity index (χ0) is 19.3. The second-order valence-corrected chi connectivity index (χ2v) is 6.03. The fraction of sp³-hybridized carbons (Fsp3) is 0. The maximum atomic E-state index is 12.8. The van der Waals surface area contributed by atoms with E-state index in [-0.39, 0.29) is 11.4 Å². The van der Waals surface area contributed by atoms with Crippen molar-refractivity contribution in [2.45, 2.75) is 0 Å². The highest BCUT2D eigenvalue weighted by molar-refractivity contribution is 6.00. The normalized spacial score (nSPS) is 11.0. The molecule has 4 rings (SSSR count). The first kappa shape index (κ1) is 17.4. The van der Waals surface area contributed by atoms with Crippen LogP contribution < -0.4 is 5.43 Å². The van der Waals surface area contributed by atoms with Crippen molar-refractivity contribution in [1.29, 1.82) is 0 Å². The van der Waals surface area contributed by atoms with Gasteiger partial charge >= 0.3 is 0 Å². The monoisotopic (exact) mass is 368 g/mol. The summed E-state index contributed by atoms with van der Waals surface area (Å²) >= 11 is 0. The predicted octanol–water partition coefficient (Wildman–Crippen LogP) is 3.77. The van der Waals surface area contributed by atoms with Crippen LogP contribution in [0.3, 0.4) is 0 Å². The number of hydrazone groups is 1. The third kappa shape index (κ3) is 3.57. The number of carbonyl (C=O) groups excluding carboxylic acids is 1. The van der Waals surface area contributed by atoms with Gasteiger partial charge in [0.2, 0.25) is 0 Å². The maximum Gasteiger partial charge on any atom is 0.292 e. The molecule has 136 valence electrons. The van der Waals surface area contributed by atoms with Crippen molar-refractivity contribution in [1.82, 2.24) is 15.4 Å². The van der Waals surface area contributed by atoms with E-state index in [1.807, 2.05) is 48.5 Å². The molecule has 0 atom stereocenters. The summed E-state index contributed by atoms with van der Waals surface area (Å²) in [6.07, 6.45) is 1.38. The molecule has 0 aliphatic heterocycles. The van der Waals surface area contributed by atoms with Gasteiger partial charge in [0, 0.05) is 11.1 Å². The molecule has 0 spiro atoms. The van der Waals surface area contributed by atoms with Crippen LogP contribution in [0.5, 0.6) is 5.75 Å². The number of fused-ring (bicyclic) bond motifs is 1. The number of hydrogen-bond donors (Lipinski definition) is 2. The summed E-state index contributed by atoms with van der Waals surface area (Å²) in [5, 5.41) is 13.7. The third-order valence-corrected chi connectivity index (χ3v) is 4.14. The first-order valence-corrected chi connectivity index (χ1v) is 8.66. The molecule has 4 aromatic rings. The zero-order valence-corrected chi connectivity index (χ0v) is 14.8. The van der Waals surface area contributed by atoms with Gasteiger partial charge in [-0.3, -0.25) is 4.79 Å². The Labute approximate surface area is 161 Å². The van der Waals surface area contributed by atoms with Gasteiger partial charge in [-0.2, -0.15) is 5.10 Å². The molecule has 0 fully saturated rings. The van der Waals surface area contributed by atoms with Crippen LogP contribution in [0.1, 0.15) is 16.1 Å². The quantitative estimate of drug-likeness (QED) is 0.424. The summed E-state index contributed by atoms with van der Waals surface area (Å²) in [6, 6.07) is 23.5. The Morgan fingerprint density at radius 1 is 0.857 bits per heavy atom. The summed E-state index contributed by atoms with van der Waals surface area (Å²) in [5.74, 6) is -0.403. The highest BCUT2D eigenvalue weighted by Crippen LogP contribution is 2.23. The van der Waals surface area contributed by atoms with Crippen LogP contribution in [0.15, 0.2) is 84.0 Å². The molecule has 0 bridgehead atoms. The van der Waals surface area contributed by atoms with E-state index in [1.165, 1.54) is 6.21 Å². The van der Waals surface area contributed by atoms with Crippen LogP contribution in [0, 0.1) is 0 Å². The second kappa shape index (κ2) is 7.67. The van der Waals surface area contributed by atoms with Gasteiger partial charge in [-0.15, -0.1) is 0 Å². The van der Waals surface area contributed by atoms with Gasteiger partial charge < -0.3 is 5.11 Å². The van der Waals surface area contributed by atoms with Crippen molar-refractivity contribution in [2.24, 2.45) is 5.10 Å². The van der Waals surface area contributed by atoms with Crippen LogP contribution in [0.4, 0.5) is 0 Å². The van der Waals surface area contributed by atoms with E-state index in [9.17, 15) is 9.90 Å². The number of nitrogens with zero attached hydrogens (tertiary/aromatic N) is 3. The average Bonchev–Trinajstić information content (AvgIpc) is 2.74. The van der Waals surface area contributed by atoms with Crippen LogP contribution in [-0.2, 0) is 0 Å². The molecule has 0 unspecified atom stereocenters. The lowest BCUT2D eigenvalue weighted by Crippen LogP contribution is -2.20. The van der Waals surface area contributed by atoms with E-state index < -0.39 is 5.91 Å². The largest absolute Gasteiger partial charge is 0.507 e. The molecule has 1 amide bonds. The summed E-state index contributed by atoms with van der Waals surface area (Å²) < 4.78 is 0. The number of rotatable bonds is 4. The van der Waals surface area contributed by atoms with Crippen LogP contribution in [0.2, 0.25) is 0 Å². The molecular formula is C22H16N4O2. The molecular weight excluding hydrogens is 352 g/mol. The lowest BCUT2D eigenvalue weighted by atomic mass is 10.1. The molecule has 28 heavy (non-hydrogen) atoms. The number of carbonyl (C=O) groups is 1. The van der Waals surface area contributed by atoms with Gasteiger partial charge in [0.15, 0.2) is 5.69 Å². The topological polar surface area (TPSA) is 87.5 Å². The molecule has 6 heteroatoms. The number of nitrogens with one attached hydrogen (secondary N) is 1. The van der Waals surface area contributed by atoms with E-state index in [1.54, 1.807) is 30.3 Å². The fourth-order valence-corrected chi connectivity index (χ4v) is 2.77. The van der Waals surface area contributed by atoms with Crippen molar-refractivity contribution >= 4 is 23.2 Å². The fourth-order valence-electron chi connectivity index (χ4n) is 2.77. The highest BCUT2D eigenvalue weighted by Gasteiger charge is 2.17. The van der Waals surface area contributed by atoms with Gasteiger partial charge in [-0.05, 0) is 24.3 Å². The number of hydrogen-bond acceptors (Lipinski definition) is 5.